The molecule has 0 unspecified atom stereocenters. The van der Waals surface area contributed by atoms with Crippen molar-refractivity contribution >= 4 is 57.0 Å². The summed E-state index contributed by atoms with van der Waals surface area (Å²) in [5.74, 6) is -1.02. The van der Waals surface area contributed by atoms with Crippen molar-refractivity contribution in [3.05, 3.63) is 30.4 Å². The number of hydrogen-bond acceptors (Lipinski definition) is 2. The first-order valence-electron chi connectivity index (χ1n) is 3.52. The maximum absolute atomic E-state index is 11.0. The zero-order chi connectivity index (χ0) is 10.9. The number of halogens is 2. The Kier molecular flexibility index (Phi) is 3.70. The van der Waals surface area contributed by atoms with Gasteiger partial charge in [0.2, 0.25) is 11.8 Å². The minimum absolute atomic E-state index is 0.403. The van der Waals surface area contributed by atoms with Crippen LogP contribution in [0.3, 0.4) is 0 Å². The van der Waals surface area contributed by atoms with Gasteiger partial charge >= 0.3 is 0 Å². The molecule has 0 spiro atoms. The summed E-state index contributed by atoms with van der Waals surface area (Å²) in [5, 5.41) is 0. The summed E-state index contributed by atoms with van der Waals surface area (Å²) < 4.78 is 1.32. The van der Waals surface area contributed by atoms with Crippen molar-refractivity contribution in [1.82, 2.24) is 0 Å². The lowest BCUT2D eigenvalue weighted by Gasteiger charge is -2.05. The van der Waals surface area contributed by atoms with Crippen molar-refractivity contribution in [2.75, 3.05) is 0 Å². The second-order valence-corrected chi connectivity index (χ2v) is 4.67. The first kappa shape index (κ1) is 11.7. The van der Waals surface area contributed by atoms with Crippen LogP contribution < -0.4 is 11.5 Å². The van der Waals surface area contributed by atoms with Crippen LogP contribution in [0.2, 0.25) is 0 Å². The molecule has 0 saturated carbocycles. The zero-order valence-corrected chi connectivity index (χ0v) is 11.2. The Bertz CT molecular complexity index is 379. The van der Waals surface area contributed by atoms with Gasteiger partial charge in [0.1, 0.15) is 0 Å². The molecule has 1 aromatic rings. The summed E-state index contributed by atoms with van der Waals surface area (Å²) in [4.78, 5) is 21.9. The Hall–Kier alpha value is -0.380. The third-order valence-electron chi connectivity index (χ3n) is 1.61. The van der Waals surface area contributed by atoms with Crippen LogP contribution in [0, 0.1) is 7.14 Å². The molecule has 0 bridgehead atoms. The fraction of sp³-hybridized carbons (Fsp3) is 0. The maximum Gasteiger partial charge on any atom is 0.249 e. The van der Waals surface area contributed by atoms with Crippen LogP contribution in [0.1, 0.15) is 20.7 Å². The largest absolute Gasteiger partial charge is 0.366 e. The average molecular weight is 416 g/mol. The number of amides is 2. The van der Waals surface area contributed by atoms with Crippen LogP contribution in [0.5, 0.6) is 0 Å². The molecule has 0 aliphatic rings. The van der Waals surface area contributed by atoms with E-state index in [0.29, 0.717) is 18.3 Å². The van der Waals surface area contributed by atoms with Gasteiger partial charge in [0.05, 0.1) is 11.1 Å². The van der Waals surface area contributed by atoms with Gasteiger partial charge in [-0.2, -0.15) is 0 Å². The van der Waals surface area contributed by atoms with Crippen molar-refractivity contribution in [1.29, 1.82) is 0 Å². The molecule has 4 nitrogen and oxygen atoms in total. The van der Waals surface area contributed by atoms with Crippen molar-refractivity contribution in [2.24, 2.45) is 11.5 Å². The number of rotatable bonds is 2. The molecular weight excluding hydrogens is 410 g/mol. The molecule has 4 N–H and O–H groups in total. The lowest BCUT2D eigenvalue weighted by molar-refractivity contribution is 0.0987. The molecule has 0 atom stereocenters. The Morgan fingerprint density at radius 2 is 1.21 bits per heavy atom. The quantitative estimate of drug-likeness (QED) is 0.708. The van der Waals surface area contributed by atoms with E-state index in [9.17, 15) is 9.59 Å². The van der Waals surface area contributed by atoms with Crippen molar-refractivity contribution < 1.29 is 9.59 Å². The SMILES string of the molecule is NC(=O)c1ccc(C(N)=O)c(I)c1I. The highest BCUT2D eigenvalue weighted by Crippen LogP contribution is 2.22. The Morgan fingerprint density at radius 3 is 1.43 bits per heavy atom. The van der Waals surface area contributed by atoms with Crippen LogP contribution in [-0.4, -0.2) is 11.8 Å². The molecular formula is C8H6I2N2O2. The molecule has 1 rings (SSSR count). The number of hydrogen-bond donors (Lipinski definition) is 2. The molecule has 14 heavy (non-hydrogen) atoms. The number of primary amides is 2. The van der Waals surface area contributed by atoms with Gasteiger partial charge < -0.3 is 11.5 Å². The highest BCUT2D eigenvalue weighted by Gasteiger charge is 2.14. The van der Waals surface area contributed by atoms with Gasteiger partial charge in [-0.05, 0) is 57.3 Å². The molecule has 0 fully saturated rings. The maximum atomic E-state index is 11.0. The number of carbonyl (C=O) groups is 2. The van der Waals surface area contributed by atoms with E-state index < -0.39 is 11.8 Å². The summed E-state index contributed by atoms with van der Waals surface area (Å²) in [6, 6.07) is 3.01. The fourth-order valence-corrected chi connectivity index (χ4v) is 2.40. The summed E-state index contributed by atoms with van der Waals surface area (Å²) in [6.07, 6.45) is 0. The molecule has 0 saturated heterocycles. The highest BCUT2D eigenvalue weighted by molar-refractivity contribution is 14.1. The number of benzene rings is 1. The molecule has 0 aliphatic heterocycles. The van der Waals surface area contributed by atoms with Crippen molar-refractivity contribution in [2.45, 2.75) is 0 Å². The van der Waals surface area contributed by atoms with Gasteiger partial charge in [0.25, 0.3) is 0 Å². The topological polar surface area (TPSA) is 86.2 Å². The standard InChI is InChI=1S/C8H6I2N2O2/c9-5-3(7(11)13)1-2-4(6(5)10)8(12)14/h1-2H,(H2,11,13)(H2,12,14). The molecule has 1 aromatic carbocycles. The molecule has 0 aromatic heterocycles. The lowest BCUT2D eigenvalue weighted by Crippen LogP contribution is -2.17. The molecule has 6 heteroatoms. The van der Waals surface area contributed by atoms with E-state index in [1.807, 2.05) is 45.2 Å². The minimum atomic E-state index is -0.511. The predicted molar refractivity (Wildman–Crippen MR) is 68.9 cm³/mol. The molecule has 2 amide bonds. The third kappa shape index (κ3) is 2.16. The monoisotopic (exact) mass is 416 g/mol. The first-order chi connectivity index (χ1) is 6.45. The molecule has 0 heterocycles. The van der Waals surface area contributed by atoms with E-state index in [4.69, 9.17) is 11.5 Å². The third-order valence-corrected chi connectivity index (χ3v) is 4.89. The second kappa shape index (κ2) is 4.43. The van der Waals surface area contributed by atoms with Gasteiger partial charge in [0, 0.05) is 7.14 Å². The lowest BCUT2D eigenvalue weighted by atomic mass is 10.1. The normalized spacial score (nSPS) is 9.86. The summed E-state index contributed by atoms with van der Waals surface area (Å²) in [5.41, 5.74) is 11.1. The Labute approximate surface area is 108 Å². The van der Waals surface area contributed by atoms with Gasteiger partial charge in [-0.15, -0.1) is 0 Å². The van der Waals surface area contributed by atoms with Crippen LogP contribution >= 0.6 is 45.2 Å². The Morgan fingerprint density at radius 1 is 0.929 bits per heavy atom. The smallest absolute Gasteiger partial charge is 0.249 e. The van der Waals surface area contributed by atoms with Crippen LogP contribution in [0.4, 0.5) is 0 Å². The van der Waals surface area contributed by atoms with E-state index in [1.165, 1.54) is 12.1 Å². The summed E-state index contributed by atoms with van der Waals surface area (Å²) >= 11 is 3.93. The van der Waals surface area contributed by atoms with Gasteiger partial charge in [-0.1, -0.05) is 0 Å². The number of carbonyl (C=O) groups excluding carboxylic acids is 2. The molecule has 74 valence electrons. The van der Waals surface area contributed by atoms with Crippen molar-refractivity contribution in [3.63, 3.8) is 0 Å². The predicted octanol–water partition coefficient (Wildman–Crippen LogP) is 1.09. The summed E-state index contributed by atoms with van der Waals surface area (Å²) in [7, 11) is 0. The van der Waals surface area contributed by atoms with E-state index in [1.54, 1.807) is 0 Å². The van der Waals surface area contributed by atoms with E-state index >= 15 is 0 Å². The summed E-state index contributed by atoms with van der Waals surface area (Å²) in [6.45, 7) is 0. The number of nitrogens with two attached hydrogens (primary N) is 2. The van der Waals surface area contributed by atoms with E-state index in [0.717, 1.165) is 0 Å². The van der Waals surface area contributed by atoms with Gasteiger partial charge in [-0.3, -0.25) is 9.59 Å². The fourth-order valence-electron chi connectivity index (χ4n) is 0.930. The van der Waals surface area contributed by atoms with Gasteiger partial charge in [-0.25, -0.2) is 0 Å². The molecule has 0 radical (unpaired) electrons. The highest BCUT2D eigenvalue weighted by atomic mass is 127. The zero-order valence-electron chi connectivity index (χ0n) is 6.88. The van der Waals surface area contributed by atoms with Crippen molar-refractivity contribution in [3.8, 4) is 0 Å². The van der Waals surface area contributed by atoms with Crippen LogP contribution in [0.25, 0.3) is 0 Å². The van der Waals surface area contributed by atoms with Crippen LogP contribution in [-0.2, 0) is 0 Å². The first-order valence-corrected chi connectivity index (χ1v) is 5.68. The Balaban J connectivity index is 3.41. The average Bonchev–Trinajstić information content (AvgIpc) is 2.08. The minimum Gasteiger partial charge on any atom is -0.366 e. The van der Waals surface area contributed by atoms with E-state index in [-0.39, 0.29) is 0 Å². The molecule has 0 aliphatic carbocycles. The van der Waals surface area contributed by atoms with E-state index in [2.05, 4.69) is 0 Å². The van der Waals surface area contributed by atoms with Crippen LogP contribution in [0.15, 0.2) is 12.1 Å². The van der Waals surface area contributed by atoms with Gasteiger partial charge in [0.15, 0.2) is 0 Å². The second-order valence-electron chi connectivity index (χ2n) is 2.52.